The number of ether oxygens (including phenoxy) is 1. The number of rotatable bonds is 5. The Morgan fingerprint density at radius 1 is 1.27 bits per heavy atom. The van der Waals surface area contributed by atoms with Crippen molar-refractivity contribution >= 4 is 5.91 Å². The van der Waals surface area contributed by atoms with E-state index in [9.17, 15) is 4.79 Å². The SMILES string of the molecule is COc1ccc(C2(NC(=O)CC3CCCN3)CCCC2)cc1. The van der Waals surface area contributed by atoms with Gasteiger partial charge in [-0.2, -0.15) is 0 Å². The summed E-state index contributed by atoms with van der Waals surface area (Å²) in [5.41, 5.74) is 1.03. The monoisotopic (exact) mass is 302 g/mol. The van der Waals surface area contributed by atoms with E-state index in [0.717, 1.165) is 31.6 Å². The lowest BCUT2D eigenvalue weighted by Gasteiger charge is -2.31. The fraction of sp³-hybridized carbons (Fsp3) is 0.611. The molecule has 4 nitrogen and oxygen atoms in total. The summed E-state index contributed by atoms with van der Waals surface area (Å²) in [6.45, 7) is 1.04. The van der Waals surface area contributed by atoms with Crippen molar-refractivity contribution in [3.8, 4) is 5.75 Å². The Morgan fingerprint density at radius 2 is 2.00 bits per heavy atom. The van der Waals surface area contributed by atoms with Crippen molar-refractivity contribution in [3.63, 3.8) is 0 Å². The van der Waals surface area contributed by atoms with E-state index in [1.807, 2.05) is 12.1 Å². The maximum absolute atomic E-state index is 12.5. The molecule has 2 fully saturated rings. The second-order valence-electron chi connectivity index (χ2n) is 6.56. The normalized spacial score (nSPS) is 23.4. The van der Waals surface area contributed by atoms with Crippen molar-refractivity contribution in [2.24, 2.45) is 0 Å². The van der Waals surface area contributed by atoms with Crippen LogP contribution >= 0.6 is 0 Å². The predicted octanol–water partition coefficient (Wildman–Crippen LogP) is 2.72. The van der Waals surface area contributed by atoms with Crippen molar-refractivity contribution in [2.75, 3.05) is 13.7 Å². The maximum atomic E-state index is 12.5. The third-order valence-electron chi connectivity index (χ3n) is 5.07. The van der Waals surface area contributed by atoms with Gasteiger partial charge in [-0.25, -0.2) is 0 Å². The summed E-state index contributed by atoms with van der Waals surface area (Å²) in [5.74, 6) is 1.04. The highest BCUT2D eigenvalue weighted by molar-refractivity contribution is 5.77. The largest absolute Gasteiger partial charge is 0.497 e. The van der Waals surface area contributed by atoms with Crippen LogP contribution in [0.1, 0.15) is 50.5 Å². The summed E-state index contributed by atoms with van der Waals surface area (Å²) >= 11 is 0. The lowest BCUT2D eigenvalue weighted by atomic mass is 9.87. The molecule has 0 aromatic heterocycles. The van der Waals surface area contributed by atoms with E-state index >= 15 is 0 Å². The first-order valence-electron chi connectivity index (χ1n) is 8.41. The van der Waals surface area contributed by atoms with Crippen LogP contribution in [0.2, 0.25) is 0 Å². The molecule has 1 aromatic carbocycles. The van der Waals surface area contributed by atoms with Crippen molar-refractivity contribution in [1.82, 2.24) is 10.6 Å². The van der Waals surface area contributed by atoms with Gasteiger partial charge in [-0.3, -0.25) is 4.79 Å². The topological polar surface area (TPSA) is 50.4 Å². The standard InChI is InChI=1S/C18H26N2O2/c1-22-16-8-6-14(7-9-16)18(10-2-3-11-18)20-17(21)13-15-5-4-12-19-15/h6-9,15,19H,2-5,10-13H2,1H3,(H,20,21). The van der Waals surface area contributed by atoms with Gasteiger partial charge < -0.3 is 15.4 Å². The number of hydrogen-bond donors (Lipinski definition) is 2. The molecule has 1 amide bonds. The Labute approximate surface area is 132 Å². The van der Waals surface area contributed by atoms with Crippen molar-refractivity contribution in [1.29, 1.82) is 0 Å². The quantitative estimate of drug-likeness (QED) is 0.879. The first-order chi connectivity index (χ1) is 10.7. The fourth-order valence-electron chi connectivity index (χ4n) is 3.85. The fourth-order valence-corrected chi connectivity index (χ4v) is 3.85. The third kappa shape index (κ3) is 3.27. The van der Waals surface area contributed by atoms with E-state index in [1.165, 1.54) is 24.8 Å². The molecule has 0 spiro atoms. The van der Waals surface area contributed by atoms with Crippen LogP contribution in [0.25, 0.3) is 0 Å². The lowest BCUT2D eigenvalue weighted by molar-refractivity contribution is -0.123. The first kappa shape index (κ1) is 15.3. The molecule has 0 bridgehead atoms. The molecule has 3 rings (SSSR count). The van der Waals surface area contributed by atoms with E-state index < -0.39 is 0 Å². The molecule has 1 atom stereocenters. The number of carbonyl (C=O) groups is 1. The number of nitrogens with one attached hydrogen (secondary N) is 2. The highest BCUT2D eigenvalue weighted by atomic mass is 16.5. The van der Waals surface area contributed by atoms with Gasteiger partial charge in [0.15, 0.2) is 0 Å². The van der Waals surface area contributed by atoms with Crippen LogP contribution in [0.15, 0.2) is 24.3 Å². The zero-order chi connectivity index (χ0) is 15.4. The second kappa shape index (κ2) is 6.69. The molecular formula is C18H26N2O2. The summed E-state index contributed by atoms with van der Waals surface area (Å²) in [6, 6.07) is 8.52. The molecule has 1 saturated carbocycles. The van der Waals surface area contributed by atoms with Gasteiger partial charge in [-0.05, 0) is 49.9 Å². The summed E-state index contributed by atoms with van der Waals surface area (Å²) in [6.07, 6.45) is 7.30. The van der Waals surface area contributed by atoms with Gasteiger partial charge in [0, 0.05) is 12.5 Å². The first-order valence-corrected chi connectivity index (χ1v) is 8.41. The Balaban J connectivity index is 1.71. The molecule has 120 valence electrons. The van der Waals surface area contributed by atoms with E-state index in [4.69, 9.17) is 4.74 Å². The zero-order valence-electron chi connectivity index (χ0n) is 13.4. The molecule has 22 heavy (non-hydrogen) atoms. The molecule has 2 aliphatic rings. The third-order valence-corrected chi connectivity index (χ3v) is 5.07. The number of hydrogen-bond acceptors (Lipinski definition) is 3. The van der Waals surface area contributed by atoms with Crippen LogP contribution in [0, 0.1) is 0 Å². The number of benzene rings is 1. The molecule has 1 unspecified atom stereocenters. The highest BCUT2D eigenvalue weighted by Crippen LogP contribution is 2.39. The molecule has 1 aromatic rings. The molecule has 0 radical (unpaired) electrons. The van der Waals surface area contributed by atoms with Gasteiger partial charge in [0.2, 0.25) is 5.91 Å². The van der Waals surface area contributed by atoms with Crippen LogP contribution in [0.3, 0.4) is 0 Å². The van der Waals surface area contributed by atoms with Crippen LogP contribution in [-0.2, 0) is 10.3 Å². The average Bonchev–Trinajstić information content (AvgIpc) is 3.20. The van der Waals surface area contributed by atoms with Crippen LogP contribution < -0.4 is 15.4 Å². The van der Waals surface area contributed by atoms with Crippen LogP contribution in [0.5, 0.6) is 5.75 Å². The van der Waals surface area contributed by atoms with Crippen molar-refractivity contribution in [2.45, 2.75) is 56.5 Å². The summed E-state index contributed by atoms with van der Waals surface area (Å²) in [7, 11) is 1.68. The smallest absolute Gasteiger partial charge is 0.222 e. The Kier molecular flexibility index (Phi) is 4.67. The van der Waals surface area contributed by atoms with Crippen LogP contribution in [-0.4, -0.2) is 25.6 Å². The van der Waals surface area contributed by atoms with Gasteiger partial charge in [-0.15, -0.1) is 0 Å². The maximum Gasteiger partial charge on any atom is 0.222 e. The summed E-state index contributed by atoms with van der Waals surface area (Å²) < 4.78 is 5.24. The van der Waals surface area contributed by atoms with Crippen molar-refractivity contribution in [3.05, 3.63) is 29.8 Å². The highest BCUT2D eigenvalue weighted by Gasteiger charge is 2.37. The molecule has 1 aliphatic heterocycles. The minimum absolute atomic E-state index is 0.178. The van der Waals surface area contributed by atoms with E-state index in [0.29, 0.717) is 12.5 Å². The Morgan fingerprint density at radius 3 is 2.59 bits per heavy atom. The molecule has 1 saturated heterocycles. The second-order valence-corrected chi connectivity index (χ2v) is 6.56. The number of amides is 1. The Bertz CT molecular complexity index is 500. The van der Waals surface area contributed by atoms with Crippen molar-refractivity contribution < 1.29 is 9.53 Å². The van der Waals surface area contributed by atoms with E-state index in [1.54, 1.807) is 7.11 Å². The van der Waals surface area contributed by atoms with Crippen LogP contribution in [0.4, 0.5) is 0 Å². The van der Waals surface area contributed by atoms with Gasteiger partial charge in [-0.1, -0.05) is 25.0 Å². The van der Waals surface area contributed by atoms with Gasteiger partial charge >= 0.3 is 0 Å². The lowest BCUT2D eigenvalue weighted by Crippen LogP contribution is -2.45. The van der Waals surface area contributed by atoms with E-state index in [-0.39, 0.29) is 11.4 Å². The summed E-state index contributed by atoms with van der Waals surface area (Å²) in [4.78, 5) is 12.5. The van der Waals surface area contributed by atoms with Gasteiger partial charge in [0.1, 0.15) is 5.75 Å². The average molecular weight is 302 g/mol. The minimum atomic E-state index is -0.179. The minimum Gasteiger partial charge on any atom is -0.497 e. The molecule has 4 heteroatoms. The number of methoxy groups -OCH3 is 1. The number of carbonyl (C=O) groups excluding carboxylic acids is 1. The molecule has 1 aliphatic carbocycles. The predicted molar refractivity (Wildman–Crippen MR) is 86.9 cm³/mol. The summed E-state index contributed by atoms with van der Waals surface area (Å²) in [5, 5.41) is 6.76. The van der Waals surface area contributed by atoms with E-state index in [2.05, 4.69) is 22.8 Å². The molecule has 1 heterocycles. The zero-order valence-corrected chi connectivity index (χ0v) is 13.4. The van der Waals surface area contributed by atoms with Gasteiger partial charge in [0.05, 0.1) is 12.6 Å². The van der Waals surface area contributed by atoms with Gasteiger partial charge in [0.25, 0.3) is 0 Å². The molecular weight excluding hydrogens is 276 g/mol. The Hall–Kier alpha value is -1.55. The molecule has 2 N–H and O–H groups in total.